The van der Waals surface area contributed by atoms with E-state index >= 15 is 0 Å². The number of fused-ring (bicyclic) bond motifs is 22. The van der Waals surface area contributed by atoms with E-state index in [1.54, 1.807) is 0 Å². The van der Waals surface area contributed by atoms with Gasteiger partial charge in [0.2, 0.25) is 0 Å². The molecular weight excluding hydrogens is 1790 g/mol. The summed E-state index contributed by atoms with van der Waals surface area (Å²) in [4.78, 5) is 0. The highest BCUT2D eigenvalue weighted by Crippen LogP contribution is 2.57. The smallest absolute Gasteiger partial charge is 0.136 e. The van der Waals surface area contributed by atoms with Gasteiger partial charge in [0.1, 0.15) is 33.5 Å². The molecule has 0 bridgehead atoms. The molecular formula is C145H92O3. The molecule has 0 spiro atoms. The van der Waals surface area contributed by atoms with Crippen molar-refractivity contribution in [3.8, 4) is 122 Å². The first-order chi connectivity index (χ1) is 83.1. The number of hydrogen-bond acceptors (Lipinski definition) is 3. The Morgan fingerprint density at radius 3 is 0.791 bits per heavy atom. The molecule has 3 aromatic heterocycles. The van der Waals surface area contributed by atoms with Gasteiger partial charge in [-0.3, -0.25) is 0 Å². The summed E-state index contributed by atoms with van der Waals surface area (Å²) in [7, 11) is 0. The maximum atomic E-state index is 9.50. The third kappa shape index (κ3) is 14.1. The normalized spacial score (nSPS) is 14.6. The molecule has 0 saturated carbocycles. The highest BCUT2D eigenvalue weighted by molar-refractivity contribution is 6.27. The van der Waals surface area contributed by atoms with Crippen LogP contribution in [0.5, 0.6) is 0 Å². The molecule has 0 unspecified atom stereocenters. The van der Waals surface area contributed by atoms with Crippen LogP contribution in [-0.4, -0.2) is 0 Å². The van der Waals surface area contributed by atoms with E-state index in [0.29, 0.717) is 66.8 Å². The third-order valence-electron chi connectivity index (χ3n) is 29.9. The molecule has 1 aliphatic rings. The Morgan fingerprint density at radius 2 is 0.405 bits per heavy atom. The first kappa shape index (κ1) is 64.5. The Kier molecular flexibility index (Phi) is 15.1. The van der Waals surface area contributed by atoms with E-state index in [9.17, 15) is 16.4 Å². The Bertz CT molecular complexity index is 12100. The van der Waals surface area contributed by atoms with Gasteiger partial charge in [-0.2, -0.15) is 0 Å². The van der Waals surface area contributed by atoms with Crippen LogP contribution >= 0.6 is 0 Å². The average Bonchev–Trinajstić information content (AvgIpc) is 1.57. The Morgan fingerprint density at radius 1 is 0.149 bits per heavy atom. The Labute approximate surface area is 888 Å². The summed E-state index contributed by atoms with van der Waals surface area (Å²) in [6.45, 7) is 4.31. The van der Waals surface area contributed by atoms with Crippen LogP contribution in [0.3, 0.4) is 0 Å². The topological polar surface area (TPSA) is 39.4 Å². The summed E-state index contributed by atoms with van der Waals surface area (Å²) in [5.41, 5.74) is 21.0. The number of furan rings is 3. The molecule has 3 nitrogen and oxygen atoms in total. The third-order valence-corrected chi connectivity index (χ3v) is 29.9. The predicted octanol–water partition coefficient (Wildman–Crippen LogP) is 41.3. The fourth-order valence-electron chi connectivity index (χ4n) is 22.9. The maximum Gasteiger partial charge on any atom is 0.136 e. The molecule has 31 rings (SSSR count). The largest absolute Gasteiger partial charge is 0.456 e. The quantitative estimate of drug-likeness (QED) is 0.128. The summed E-state index contributed by atoms with van der Waals surface area (Å²) >= 11 is 0. The molecule has 30 aromatic rings. The second-order valence-electron chi connectivity index (χ2n) is 38.3. The van der Waals surface area contributed by atoms with Crippen LogP contribution in [0.25, 0.3) is 296 Å². The SMILES string of the molecule is [2H]c1c([2H])c([2H])c2c(-c3cccc4c3-c3ccccc3C4(C)C)c3c([2H])c([2H])c([2H])c([2H])c3c(-c3ccc(-c4ccc5oc6cc7ccccc7cc6c5c4)cc3)c2c1[2H].[2H]c1c([2H])c([2H])c2c(-c3cccc4ccccc34)c3c([2H])c([2H])c([2H])c([2H])c3c(-c3ccc(-c4ccc5oc6cc7ccccc7cc6c5c4)cc3)c2c1[2H].[2H]c1c([2H])c([2H])c2c(-c3ccccc3-c3ccccc3)c3c([2H])c([2H])c([2H])c([2H])c3c(-c3ccc(-c4ccc5oc6cc7ccccc7cc6c5c4)cc3)c2c1[2H]. The molecule has 3 heteroatoms. The molecule has 0 fully saturated rings. The Balaban J connectivity index is 0.000000116. The molecule has 148 heavy (non-hydrogen) atoms. The van der Waals surface area contributed by atoms with Crippen LogP contribution in [0.4, 0.5) is 0 Å². The standard InChI is InChI=1S/C51H34O.C48H30O.C46H28O/c1-51(2)44-20-10-9-18-40(44)50-41(19-11-21-45(50)51)49-38-16-7-5-14-36(38)48(37-15-6-8-17-39(37)49)32-24-22-31(23-25-32)35-26-27-46-42(29-35)43-28-33-12-3-4-13-34(33)30-47(43)52-46;1-2-12-32(13-3-1)37-16-6-7-17-38(37)48-41-20-10-8-18-39(41)47(40-19-9-11-21-42(40)48)33-24-22-31(23-25-33)36-26-27-45-43(29-36)44-28-34-14-4-5-15-35(34)30-46(44)49-45;1-2-12-33-28-44-42(26-32(33)11-1)41-27-34(24-25-43(41)47-44)29-20-22-31(23-21-29)45-37-15-5-7-17-39(37)46(40-18-8-6-16-38(40)45)36-19-9-13-30-10-3-4-14-35(30)36/h3-30H,1-2H3;1-30H;1-28H/i5D,6D,7D,8D,14D,15D,16D,17D;8D,9D,10D,11D,18D,19D,20D,21D;5D,6D,7D,8D,15D,16D,17D,18D. The number of benzene rings is 27. The molecule has 3 heterocycles. The van der Waals surface area contributed by atoms with Gasteiger partial charge < -0.3 is 13.3 Å². The zero-order valence-corrected chi connectivity index (χ0v) is 79.5. The maximum absolute atomic E-state index is 9.50. The van der Waals surface area contributed by atoms with Crippen LogP contribution in [0, 0.1) is 0 Å². The lowest BCUT2D eigenvalue weighted by atomic mass is 9.80. The van der Waals surface area contributed by atoms with Gasteiger partial charge in [-0.15, -0.1) is 0 Å². The van der Waals surface area contributed by atoms with Gasteiger partial charge in [0.25, 0.3) is 0 Å². The first-order valence-corrected chi connectivity index (χ1v) is 49.2. The van der Waals surface area contributed by atoms with Crippen LogP contribution in [0.2, 0.25) is 0 Å². The van der Waals surface area contributed by atoms with Gasteiger partial charge in [0, 0.05) is 37.7 Å². The van der Waals surface area contributed by atoms with Crippen LogP contribution in [0.1, 0.15) is 57.9 Å². The van der Waals surface area contributed by atoms with Crippen molar-refractivity contribution in [3.05, 3.63) is 532 Å². The van der Waals surface area contributed by atoms with Gasteiger partial charge >= 0.3 is 0 Å². The lowest BCUT2D eigenvalue weighted by molar-refractivity contribution is 0.660. The highest BCUT2D eigenvalue weighted by atomic mass is 16.3. The van der Waals surface area contributed by atoms with Gasteiger partial charge in [-0.1, -0.05) is 462 Å². The zero-order valence-electron chi connectivity index (χ0n) is 104. The lowest BCUT2D eigenvalue weighted by Gasteiger charge is -2.22. The number of hydrogen-bond donors (Lipinski definition) is 0. The molecule has 690 valence electrons. The zero-order chi connectivity index (χ0) is 119. The molecule has 27 aromatic carbocycles. The molecule has 1 aliphatic carbocycles. The van der Waals surface area contributed by atoms with Crippen molar-refractivity contribution < 1.29 is 46.1 Å². The van der Waals surface area contributed by atoms with Gasteiger partial charge in [-0.05, 0) is 314 Å². The fourth-order valence-corrected chi connectivity index (χ4v) is 22.9. The van der Waals surface area contributed by atoms with Crippen LogP contribution in [0.15, 0.2) is 534 Å². The average molecular weight is 1910 g/mol. The van der Waals surface area contributed by atoms with Crippen LogP contribution in [-0.2, 0) is 5.41 Å². The van der Waals surface area contributed by atoms with Gasteiger partial charge in [0.15, 0.2) is 0 Å². The fraction of sp³-hybridized carbons (Fsp3) is 0.0207. The molecule has 0 amide bonds. The molecule has 0 N–H and O–H groups in total. The Hall–Kier alpha value is -19.1. The first-order valence-electron chi connectivity index (χ1n) is 61.2. The lowest BCUT2D eigenvalue weighted by Crippen LogP contribution is -2.14. The predicted molar refractivity (Wildman–Crippen MR) is 628 cm³/mol. The van der Waals surface area contributed by atoms with Crippen molar-refractivity contribution in [1.82, 2.24) is 0 Å². The monoisotopic (exact) mass is 1900 g/mol. The van der Waals surface area contributed by atoms with Gasteiger partial charge in [0.05, 0.1) is 32.9 Å². The van der Waals surface area contributed by atoms with E-state index in [0.717, 1.165) is 176 Å². The van der Waals surface area contributed by atoms with E-state index in [2.05, 4.69) is 117 Å². The van der Waals surface area contributed by atoms with E-state index in [1.165, 1.54) is 0 Å². The van der Waals surface area contributed by atoms with E-state index in [-0.39, 0.29) is 137 Å². The summed E-state index contributed by atoms with van der Waals surface area (Å²) in [6, 6.07) is 114. The summed E-state index contributed by atoms with van der Waals surface area (Å²) in [5.74, 6) is 0. The van der Waals surface area contributed by atoms with E-state index in [1.807, 2.05) is 273 Å². The van der Waals surface area contributed by atoms with Crippen molar-refractivity contribution in [2.24, 2.45) is 0 Å². The van der Waals surface area contributed by atoms with Crippen molar-refractivity contribution in [2.45, 2.75) is 19.3 Å². The second-order valence-corrected chi connectivity index (χ2v) is 38.3. The van der Waals surface area contributed by atoms with Crippen molar-refractivity contribution in [3.63, 3.8) is 0 Å². The minimum Gasteiger partial charge on any atom is -0.456 e. The van der Waals surface area contributed by atoms with Crippen molar-refractivity contribution in [1.29, 1.82) is 0 Å². The molecule has 0 aliphatic heterocycles. The van der Waals surface area contributed by atoms with E-state index in [4.69, 9.17) is 29.7 Å². The summed E-state index contributed by atoms with van der Waals surface area (Å²) < 4.78 is 237. The molecule has 0 radical (unpaired) electrons. The van der Waals surface area contributed by atoms with Gasteiger partial charge in [-0.25, -0.2) is 0 Å². The minimum absolute atomic E-state index is 0.183. The van der Waals surface area contributed by atoms with E-state index < -0.39 is 77.9 Å². The summed E-state index contributed by atoms with van der Waals surface area (Å²) in [5, 5.41) is 16.6. The summed E-state index contributed by atoms with van der Waals surface area (Å²) in [6.07, 6.45) is 0. The molecule has 0 atom stereocenters. The van der Waals surface area contributed by atoms with Crippen molar-refractivity contribution in [2.75, 3.05) is 0 Å². The van der Waals surface area contributed by atoms with Crippen LogP contribution < -0.4 is 0 Å². The minimum atomic E-state index is -0.429. The molecule has 0 saturated heterocycles. The highest BCUT2D eigenvalue weighted by Gasteiger charge is 2.38. The second kappa shape index (κ2) is 34.6. The number of rotatable bonds is 10. The van der Waals surface area contributed by atoms with Crippen molar-refractivity contribution >= 4 is 174 Å².